The van der Waals surface area contributed by atoms with Gasteiger partial charge in [-0.15, -0.1) is 5.10 Å². The van der Waals surface area contributed by atoms with E-state index in [1.807, 2.05) is 52.0 Å². The Morgan fingerprint density at radius 3 is 2.26 bits per heavy atom. The van der Waals surface area contributed by atoms with Crippen molar-refractivity contribution in [3.63, 3.8) is 0 Å². The van der Waals surface area contributed by atoms with Crippen molar-refractivity contribution in [3.8, 4) is 17.4 Å². The van der Waals surface area contributed by atoms with Crippen molar-refractivity contribution in [3.05, 3.63) is 78.0 Å². The zero-order chi connectivity index (χ0) is 25.3. The second kappa shape index (κ2) is 11.8. The van der Waals surface area contributed by atoms with Gasteiger partial charge in [-0.3, -0.25) is 4.79 Å². The standard InChI is InChI=1S/C23H22N4O3.2C2H6/c1-23(2,3)16-9-7-15(8-10-16)22(29)25-19-14-27-20(24-19)11-12-21(26-27)30-18-6-4-5-17(28)13-18;2*1-2/h4-14,28H,1-3H3,(H,25,29);2*1-2H3. The number of imidazole rings is 1. The lowest BCUT2D eigenvalue weighted by Gasteiger charge is -2.18. The molecule has 34 heavy (non-hydrogen) atoms. The molecule has 1 amide bonds. The zero-order valence-corrected chi connectivity index (χ0v) is 21.0. The van der Waals surface area contributed by atoms with Crippen molar-refractivity contribution < 1.29 is 14.6 Å². The van der Waals surface area contributed by atoms with Gasteiger partial charge in [0, 0.05) is 17.7 Å². The van der Waals surface area contributed by atoms with Crippen LogP contribution in [0.25, 0.3) is 5.65 Å². The average molecular weight is 463 g/mol. The molecule has 2 N–H and O–H groups in total. The molecule has 0 aliphatic carbocycles. The summed E-state index contributed by atoms with van der Waals surface area (Å²) in [5, 5.41) is 16.7. The zero-order valence-electron chi connectivity index (χ0n) is 21.0. The third kappa shape index (κ3) is 6.81. The largest absolute Gasteiger partial charge is 0.508 e. The highest BCUT2D eigenvalue weighted by molar-refractivity contribution is 6.03. The van der Waals surface area contributed by atoms with Crippen LogP contribution in [0.2, 0.25) is 0 Å². The molecular formula is C27H34N4O3. The Kier molecular flexibility index (Phi) is 9.18. The molecular weight excluding hydrogens is 428 g/mol. The van der Waals surface area contributed by atoms with Gasteiger partial charge in [-0.05, 0) is 41.3 Å². The van der Waals surface area contributed by atoms with Crippen LogP contribution in [0.5, 0.6) is 17.4 Å². The van der Waals surface area contributed by atoms with Crippen LogP contribution in [0.15, 0.2) is 66.9 Å². The maximum Gasteiger partial charge on any atom is 0.256 e. The van der Waals surface area contributed by atoms with Gasteiger partial charge in [0.2, 0.25) is 5.88 Å². The lowest BCUT2D eigenvalue weighted by atomic mass is 9.87. The summed E-state index contributed by atoms with van der Waals surface area (Å²) in [4.78, 5) is 16.9. The van der Waals surface area contributed by atoms with Gasteiger partial charge in [-0.2, -0.15) is 0 Å². The average Bonchev–Trinajstić information content (AvgIpc) is 3.23. The number of benzene rings is 2. The number of ether oxygens (including phenoxy) is 1. The Balaban J connectivity index is 0.000000970. The van der Waals surface area contributed by atoms with Gasteiger partial charge in [0.05, 0.1) is 6.20 Å². The van der Waals surface area contributed by atoms with Crippen LogP contribution in [0, 0.1) is 0 Å². The monoisotopic (exact) mass is 462 g/mol. The predicted molar refractivity (Wildman–Crippen MR) is 137 cm³/mol. The third-order valence-corrected chi connectivity index (χ3v) is 4.59. The van der Waals surface area contributed by atoms with E-state index < -0.39 is 0 Å². The molecule has 4 aromatic rings. The van der Waals surface area contributed by atoms with E-state index in [0.717, 1.165) is 5.56 Å². The first kappa shape index (κ1) is 26.4. The molecule has 0 fully saturated rings. The van der Waals surface area contributed by atoms with E-state index in [-0.39, 0.29) is 17.1 Å². The van der Waals surface area contributed by atoms with E-state index in [2.05, 4.69) is 36.2 Å². The normalized spacial score (nSPS) is 10.4. The molecule has 7 nitrogen and oxygen atoms in total. The van der Waals surface area contributed by atoms with Gasteiger partial charge in [0.25, 0.3) is 5.91 Å². The van der Waals surface area contributed by atoms with Crippen molar-refractivity contribution in [1.82, 2.24) is 14.6 Å². The minimum absolute atomic E-state index is 0.0283. The summed E-state index contributed by atoms with van der Waals surface area (Å²) in [5.74, 6) is 1.06. The van der Waals surface area contributed by atoms with Gasteiger partial charge in [-0.25, -0.2) is 9.50 Å². The molecule has 0 aliphatic rings. The van der Waals surface area contributed by atoms with Crippen LogP contribution in [-0.4, -0.2) is 25.6 Å². The summed E-state index contributed by atoms with van der Waals surface area (Å²) in [5.41, 5.74) is 2.31. The van der Waals surface area contributed by atoms with E-state index >= 15 is 0 Å². The van der Waals surface area contributed by atoms with E-state index in [9.17, 15) is 9.90 Å². The Labute approximate surface area is 201 Å². The number of anilines is 1. The SMILES string of the molecule is CC.CC.CC(C)(C)c1ccc(C(=O)Nc2cn3nc(Oc4cccc(O)c4)ccc3n2)cc1. The van der Waals surface area contributed by atoms with Crippen molar-refractivity contribution >= 4 is 17.4 Å². The van der Waals surface area contributed by atoms with E-state index in [1.54, 1.807) is 36.5 Å². The lowest BCUT2D eigenvalue weighted by Crippen LogP contribution is -2.14. The summed E-state index contributed by atoms with van der Waals surface area (Å²) in [6, 6.07) is 17.4. The van der Waals surface area contributed by atoms with E-state index in [1.165, 1.54) is 10.6 Å². The summed E-state index contributed by atoms with van der Waals surface area (Å²) in [7, 11) is 0. The van der Waals surface area contributed by atoms with Crippen molar-refractivity contribution in [1.29, 1.82) is 0 Å². The predicted octanol–water partition coefficient (Wildman–Crippen LogP) is 6.83. The molecule has 0 atom stereocenters. The Hall–Kier alpha value is -3.87. The smallest absolute Gasteiger partial charge is 0.256 e. The Bertz CT molecular complexity index is 1210. The molecule has 0 aliphatic heterocycles. The molecule has 0 bridgehead atoms. The topological polar surface area (TPSA) is 88.8 Å². The number of hydrogen-bond acceptors (Lipinski definition) is 5. The van der Waals surface area contributed by atoms with Crippen LogP contribution in [0.4, 0.5) is 5.82 Å². The van der Waals surface area contributed by atoms with Crippen molar-refractivity contribution in [2.24, 2.45) is 0 Å². The number of fused-ring (bicyclic) bond motifs is 1. The Morgan fingerprint density at radius 2 is 1.65 bits per heavy atom. The minimum atomic E-state index is -0.241. The molecule has 180 valence electrons. The van der Waals surface area contributed by atoms with Gasteiger partial charge in [0.1, 0.15) is 11.5 Å². The van der Waals surface area contributed by atoms with E-state index in [0.29, 0.717) is 28.7 Å². The highest BCUT2D eigenvalue weighted by Crippen LogP contribution is 2.24. The first-order valence-electron chi connectivity index (χ1n) is 11.5. The number of aromatic nitrogens is 3. The molecule has 7 heteroatoms. The van der Waals surface area contributed by atoms with Crippen LogP contribution in [-0.2, 0) is 5.41 Å². The van der Waals surface area contributed by atoms with Crippen LogP contribution in [0.1, 0.15) is 64.4 Å². The lowest BCUT2D eigenvalue weighted by molar-refractivity contribution is 0.102. The Morgan fingerprint density at radius 1 is 0.971 bits per heavy atom. The van der Waals surface area contributed by atoms with Gasteiger partial charge in [-0.1, -0.05) is 66.7 Å². The number of rotatable bonds is 4. The summed E-state index contributed by atoms with van der Waals surface area (Å²) in [6.45, 7) is 14.4. The first-order chi connectivity index (χ1) is 16.3. The highest BCUT2D eigenvalue weighted by atomic mass is 16.5. The number of carbonyl (C=O) groups excluding carboxylic acids is 1. The molecule has 2 aromatic carbocycles. The number of nitrogens with one attached hydrogen (secondary N) is 1. The third-order valence-electron chi connectivity index (χ3n) is 4.59. The summed E-state index contributed by atoms with van der Waals surface area (Å²) in [6.07, 6.45) is 1.62. The maximum absolute atomic E-state index is 12.6. The molecule has 4 rings (SSSR count). The van der Waals surface area contributed by atoms with Crippen LogP contribution in [0.3, 0.4) is 0 Å². The first-order valence-corrected chi connectivity index (χ1v) is 11.5. The van der Waals surface area contributed by atoms with Crippen LogP contribution >= 0.6 is 0 Å². The summed E-state index contributed by atoms with van der Waals surface area (Å²) >= 11 is 0. The molecule has 0 spiro atoms. The number of carbonyl (C=O) groups is 1. The number of nitrogens with zero attached hydrogens (tertiary/aromatic N) is 3. The highest BCUT2D eigenvalue weighted by Gasteiger charge is 2.15. The maximum atomic E-state index is 12.6. The molecule has 0 unspecified atom stereocenters. The fourth-order valence-electron chi connectivity index (χ4n) is 2.96. The number of aromatic hydroxyl groups is 1. The van der Waals surface area contributed by atoms with E-state index in [4.69, 9.17) is 4.74 Å². The second-order valence-electron chi connectivity index (χ2n) is 7.98. The van der Waals surface area contributed by atoms with Gasteiger partial charge >= 0.3 is 0 Å². The quantitative estimate of drug-likeness (QED) is 0.347. The summed E-state index contributed by atoms with van der Waals surface area (Å²) < 4.78 is 7.18. The van der Waals surface area contributed by atoms with Crippen molar-refractivity contribution in [2.45, 2.75) is 53.9 Å². The number of phenolic OH excluding ortho intramolecular Hbond substituents is 1. The molecule has 2 heterocycles. The number of hydrogen-bond donors (Lipinski definition) is 2. The minimum Gasteiger partial charge on any atom is -0.508 e. The molecule has 0 saturated heterocycles. The van der Waals surface area contributed by atoms with Crippen LogP contribution < -0.4 is 10.1 Å². The number of amides is 1. The van der Waals surface area contributed by atoms with Gasteiger partial charge < -0.3 is 15.2 Å². The molecule has 0 saturated carbocycles. The fourth-order valence-corrected chi connectivity index (χ4v) is 2.96. The van der Waals surface area contributed by atoms with Gasteiger partial charge in [0.15, 0.2) is 11.5 Å². The van der Waals surface area contributed by atoms with Crippen molar-refractivity contribution in [2.75, 3.05) is 5.32 Å². The second-order valence-corrected chi connectivity index (χ2v) is 7.98. The fraction of sp³-hybridized carbons (Fsp3) is 0.296. The molecule has 2 aromatic heterocycles. The molecule has 0 radical (unpaired) electrons. The number of phenols is 1.